The number of carbonyl (C=O) groups is 1. The normalized spacial score (nSPS) is 20.0. The highest BCUT2D eigenvalue weighted by Crippen LogP contribution is 2.38. The maximum atomic E-state index is 12.2. The molecule has 3 rings (SSSR count). The number of likely N-dealkylation sites (tertiary alicyclic amines) is 1. The molecular weight excluding hydrogens is 340 g/mol. The number of nitriles is 1. The molecule has 1 N–H and O–H groups in total. The molecule has 25 heavy (non-hydrogen) atoms. The van der Waals surface area contributed by atoms with Crippen molar-refractivity contribution in [3.8, 4) is 6.07 Å². The summed E-state index contributed by atoms with van der Waals surface area (Å²) in [6.45, 7) is 2.55. The zero-order chi connectivity index (χ0) is 18.1. The topological polar surface area (TPSA) is 86.8 Å². The number of carbonyl (C=O) groups excluding carboxylic acids is 1. The zero-order valence-corrected chi connectivity index (χ0v) is 15.1. The van der Waals surface area contributed by atoms with E-state index in [0.29, 0.717) is 29.4 Å². The highest BCUT2D eigenvalue weighted by Gasteiger charge is 2.39. The van der Waals surface area contributed by atoms with Gasteiger partial charge in [-0.3, -0.25) is 9.48 Å². The van der Waals surface area contributed by atoms with Gasteiger partial charge in [0.15, 0.2) is 0 Å². The lowest BCUT2D eigenvalue weighted by molar-refractivity contribution is -0.127. The third-order valence-corrected chi connectivity index (χ3v) is 5.08. The first-order chi connectivity index (χ1) is 11.9. The molecule has 3 heterocycles. The van der Waals surface area contributed by atoms with E-state index in [4.69, 9.17) is 16.9 Å². The van der Waals surface area contributed by atoms with Gasteiger partial charge in [0, 0.05) is 50.4 Å². The van der Waals surface area contributed by atoms with E-state index in [1.165, 1.54) is 6.20 Å². The zero-order valence-electron chi connectivity index (χ0n) is 14.3. The summed E-state index contributed by atoms with van der Waals surface area (Å²) in [6.07, 6.45) is 3.76. The Hall–Kier alpha value is -2.59. The molecule has 130 valence electrons. The van der Waals surface area contributed by atoms with Gasteiger partial charge in [0.2, 0.25) is 5.91 Å². The number of aryl methyl sites for hydroxylation is 1. The van der Waals surface area contributed by atoms with Gasteiger partial charge < -0.3 is 10.2 Å². The maximum Gasteiger partial charge on any atom is 0.223 e. The summed E-state index contributed by atoms with van der Waals surface area (Å²) in [5, 5.41) is 16.8. The number of amides is 1. The third-order valence-electron chi connectivity index (χ3n) is 4.79. The summed E-state index contributed by atoms with van der Waals surface area (Å²) < 4.78 is 1.81. The molecule has 0 aromatic carbocycles. The lowest BCUT2D eigenvalue weighted by atomic mass is 9.94. The van der Waals surface area contributed by atoms with Crippen LogP contribution in [0.5, 0.6) is 0 Å². The Morgan fingerprint density at radius 2 is 2.20 bits per heavy atom. The average molecular weight is 359 g/mol. The Balaban J connectivity index is 1.80. The first kappa shape index (κ1) is 17.2. The Morgan fingerprint density at radius 3 is 2.80 bits per heavy atom. The summed E-state index contributed by atoms with van der Waals surface area (Å²) in [7, 11) is 3.72. The predicted molar refractivity (Wildman–Crippen MR) is 94.0 cm³/mol. The van der Waals surface area contributed by atoms with E-state index in [1.807, 2.05) is 38.0 Å². The predicted octanol–water partition coefficient (Wildman–Crippen LogP) is 2.28. The van der Waals surface area contributed by atoms with Gasteiger partial charge in [-0.25, -0.2) is 4.98 Å². The van der Waals surface area contributed by atoms with Crippen molar-refractivity contribution in [3.63, 3.8) is 0 Å². The molecule has 1 amide bonds. The Bertz CT molecular complexity index is 855. The molecular formula is C17H19ClN6O. The molecule has 1 aliphatic heterocycles. The SMILES string of the molecule is Cc1c([C@H]2[C@H](CNc3ncc(C#N)cc3Cl)CC(=O)N2C)cnn1C. The minimum atomic E-state index is -0.0362. The van der Waals surface area contributed by atoms with E-state index in [0.717, 1.165) is 11.3 Å². The molecule has 8 heteroatoms. The van der Waals surface area contributed by atoms with Crippen LogP contribution in [0.4, 0.5) is 5.82 Å². The van der Waals surface area contributed by atoms with Gasteiger partial charge in [0.05, 0.1) is 22.8 Å². The number of aromatic nitrogens is 3. The lowest BCUT2D eigenvalue weighted by Gasteiger charge is -2.25. The molecule has 0 aliphatic carbocycles. The minimum absolute atomic E-state index is 0.0362. The molecule has 0 bridgehead atoms. The first-order valence-corrected chi connectivity index (χ1v) is 8.33. The summed E-state index contributed by atoms with van der Waals surface area (Å²) in [6, 6.07) is 3.54. The number of hydrogen-bond acceptors (Lipinski definition) is 5. The molecule has 0 radical (unpaired) electrons. The Kier molecular flexibility index (Phi) is 4.64. The number of halogens is 1. The number of nitrogens with one attached hydrogen (secondary N) is 1. The van der Waals surface area contributed by atoms with Crippen LogP contribution in [0.1, 0.15) is 29.3 Å². The van der Waals surface area contributed by atoms with Gasteiger partial charge in [0.1, 0.15) is 11.9 Å². The molecule has 1 fully saturated rings. The van der Waals surface area contributed by atoms with E-state index in [1.54, 1.807) is 11.0 Å². The first-order valence-electron chi connectivity index (χ1n) is 7.96. The van der Waals surface area contributed by atoms with Crippen LogP contribution in [0.25, 0.3) is 0 Å². The maximum absolute atomic E-state index is 12.2. The van der Waals surface area contributed by atoms with Crippen molar-refractivity contribution >= 4 is 23.3 Å². The fourth-order valence-corrected chi connectivity index (χ4v) is 3.49. The van der Waals surface area contributed by atoms with E-state index in [2.05, 4.69) is 15.4 Å². The molecule has 1 aliphatic rings. The molecule has 0 spiro atoms. The van der Waals surface area contributed by atoms with Crippen molar-refractivity contribution < 1.29 is 4.79 Å². The van der Waals surface area contributed by atoms with Crippen LogP contribution in [0, 0.1) is 24.2 Å². The van der Waals surface area contributed by atoms with Gasteiger partial charge in [0.25, 0.3) is 0 Å². The van der Waals surface area contributed by atoms with E-state index in [9.17, 15) is 4.79 Å². The monoisotopic (exact) mass is 358 g/mol. The quantitative estimate of drug-likeness (QED) is 0.906. The van der Waals surface area contributed by atoms with Crippen molar-refractivity contribution in [1.29, 1.82) is 5.26 Å². The standard InChI is InChI=1S/C17H19ClN6O/c1-10-13(9-22-24(10)3)16-12(5-15(25)23(16)2)8-21-17-14(18)4-11(6-19)7-20-17/h4,7,9,12,16H,5,8H2,1-3H3,(H,20,21)/t12-,16+/m0/s1. The van der Waals surface area contributed by atoms with Crippen LogP contribution in [-0.2, 0) is 11.8 Å². The summed E-state index contributed by atoms with van der Waals surface area (Å²) in [4.78, 5) is 18.2. The molecule has 2 aromatic heterocycles. The van der Waals surface area contributed by atoms with Gasteiger partial charge in [-0.15, -0.1) is 0 Å². The van der Waals surface area contributed by atoms with Crippen LogP contribution < -0.4 is 5.32 Å². The summed E-state index contributed by atoms with van der Waals surface area (Å²) in [5.74, 6) is 0.706. The fourth-order valence-electron chi connectivity index (χ4n) is 3.26. The number of nitrogens with zero attached hydrogens (tertiary/aromatic N) is 5. The molecule has 0 saturated carbocycles. The second-order valence-corrected chi connectivity index (χ2v) is 6.68. The Labute approximate surface area is 151 Å². The van der Waals surface area contributed by atoms with Crippen LogP contribution >= 0.6 is 11.6 Å². The lowest BCUT2D eigenvalue weighted by Crippen LogP contribution is -2.27. The molecule has 2 aromatic rings. The van der Waals surface area contributed by atoms with Crippen molar-refractivity contribution in [2.24, 2.45) is 13.0 Å². The number of rotatable bonds is 4. The van der Waals surface area contributed by atoms with Crippen molar-refractivity contribution in [1.82, 2.24) is 19.7 Å². The highest BCUT2D eigenvalue weighted by atomic mass is 35.5. The summed E-state index contributed by atoms with van der Waals surface area (Å²) in [5.41, 5.74) is 2.52. The van der Waals surface area contributed by atoms with Gasteiger partial charge in [-0.05, 0) is 13.0 Å². The number of hydrogen-bond donors (Lipinski definition) is 1. The van der Waals surface area contributed by atoms with Crippen LogP contribution in [0.15, 0.2) is 18.5 Å². The number of anilines is 1. The number of pyridine rings is 1. The van der Waals surface area contributed by atoms with Crippen LogP contribution in [0.3, 0.4) is 0 Å². The molecule has 1 saturated heterocycles. The van der Waals surface area contributed by atoms with Crippen molar-refractivity contribution in [3.05, 3.63) is 40.3 Å². The third kappa shape index (κ3) is 3.17. The largest absolute Gasteiger partial charge is 0.368 e. The highest BCUT2D eigenvalue weighted by molar-refractivity contribution is 6.33. The smallest absolute Gasteiger partial charge is 0.223 e. The Morgan fingerprint density at radius 1 is 1.44 bits per heavy atom. The van der Waals surface area contributed by atoms with Crippen LogP contribution in [0.2, 0.25) is 5.02 Å². The van der Waals surface area contributed by atoms with Gasteiger partial charge in [-0.2, -0.15) is 10.4 Å². The summed E-state index contributed by atoms with van der Waals surface area (Å²) >= 11 is 6.17. The van der Waals surface area contributed by atoms with Crippen LogP contribution in [-0.4, -0.2) is 39.2 Å². The average Bonchev–Trinajstić information content (AvgIpc) is 3.06. The van der Waals surface area contributed by atoms with Crippen molar-refractivity contribution in [2.45, 2.75) is 19.4 Å². The molecule has 0 unspecified atom stereocenters. The minimum Gasteiger partial charge on any atom is -0.368 e. The fraction of sp³-hybridized carbons (Fsp3) is 0.412. The van der Waals surface area contributed by atoms with Crippen molar-refractivity contribution in [2.75, 3.05) is 18.9 Å². The molecule has 7 nitrogen and oxygen atoms in total. The van der Waals surface area contributed by atoms with E-state index >= 15 is 0 Å². The van der Waals surface area contributed by atoms with Gasteiger partial charge >= 0.3 is 0 Å². The second kappa shape index (κ2) is 6.73. The van der Waals surface area contributed by atoms with E-state index in [-0.39, 0.29) is 17.9 Å². The van der Waals surface area contributed by atoms with Gasteiger partial charge in [-0.1, -0.05) is 11.6 Å². The van der Waals surface area contributed by atoms with E-state index < -0.39 is 0 Å². The molecule has 2 atom stereocenters. The second-order valence-electron chi connectivity index (χ2n) is 6.27.